The van der Waals surface area contributed by atoms with Gasteiger partial charge in [-0.1, -0.05) is 0 Å². The van der Waals surface area contributed by atoms with E-state index < -0.39 is 17.8 Å². The second-order valence-electron chi connectivity index (χ2n) is 4.76. The number of carboxylic acid groups (broad SMARTS) is 1. The molecule has 0 bridgehead atoms. The molecule has 0 saturated heterocycles. The van der Waals surface area contributed by atoms with Crippen molar-refractivity contribution < 1.29 is 28.3 Å². The van der Waals surface area contributed by atoms with Gasteiger partial charge in [0, 0.05) is 19.0 Å². The normalized spacial score (nSPS) is 11.1. The first-order chi connectivity index (χ1) is 11.6. The minimum absolute atomic E-state index is 0.0401. The van der Waals surface area contributed by atoms with Crippen molar-refractivity contribution in [2.45, 2.75) is 12.8 Å². The Balaban J connectivity index is 2.04. The van der Waals surface area contributed by atoms with Crippen molar-refractivity contribution in [3.05, 3.63) is 54.0 Å². The fraction of sp³-hybridized carbons (Fsp3) is 0.188. The maximum atomic E-state index is 12.2. The third-order valence-electron chi connectivity index (χ3n) is 2.92. The third kappa shape index (κ3) is 5.16. The fourth-order valence-electron chi connectivity index (χ4n) is 1.80. The summed E-state index contributed by atoms with van der Waals surface area (Å²) < 4.78 is 10.1. The Hall–Kier alpha value is -3.29. The molecule has 0 radical (unpaired) electrons. The van der Waals surface area contributed by atoms with Crippen LogP contribution < -0.4 is 10.6 Å². The average molecular weight is 332 g/mol. The largest absolute Gasteiger partial charge is 0.481 e. The Kier molecular flexibility index (Phi) is 5.95. The van der Waals surface area contributed by atoms with Gasteiger partial charge in [0.25, 0.3) is 11.8 Å². The second kappa shape index (κ2) is 8.37. The van der Waals surface area contributed by atoms with E-state index in [1.165, 1.54) is 24.7 Å². The van der Waals surface area contributed by atoms with Crippen LogP contribution in [0.25, 0.3) is 6.08 Å². The average Bonchev–Trinajstić information content (AvgIpc) is 3.23. The Morgan fingerprint density at radius 1 is 1.12 bits per heavy atom. The molecule has 126 valence electrons. The van der Waals surface area contributed by atoms with Crippen molar-refractivity contribution in [3.8, 4) is 0 Å². The molecule has 0 aliphatic rings. The van der Waals surface area contributed by atoms with Crippen LogP contribution in [0.15, 0.2) is 51.3 Å². The summed E-state index contributed by atoms with van der Waals surface area (Å²) in [6.45, 7) is 0.164. The Morgan fingerprint density at radius 2 is 1.88 bits per heavy atom. The molecule has 0 aliphatic carbocycles. The summed E-state index contributed by atoms with van der Waals surface area (Å²) in [5, 5.41) is 13.6. The summed E-state index contributed by atoms with van der Waals surface area (Å²) in [4.78, 5) is 34.7. The zero-order valence-corrected chi connectivity index (χ0v) is 12.7. The van der Waals surface area contributed by atoms with E-state index >= 15 is 0 Å². The lowest BCUT2D eigenvalue weighted by Crippen LogP contribution is -2.35. The van der Waals surface area contributed by atoms with Gasteiger partial charge in [-0.05, 0) is 30.7 Å². The first kappa shape index (κ1) is 17.1. The van der Waals surface area contributed by atoms with E-state index in [-0.39, 0.29) is 30.8 Å². The predicted molar refractivity (Wildman–Crippen MR) is 82.7 cm³/mol. The van der Waals surface area contributed by atoms with Crippen LogP contribution in [0.1, 0.15) is 29.2 Å². The molecule has 0 aliphatic heterocycles. The number of hydrogen-bond donors (Lipinski definition) is 3. The summed E-state index contributed by atoms with van der Waals surface area (Å²) in [6.07, 6.45) is 4.37. The highest BCUT2D eigenvalue weighted by Gasteiger charge is 2.16. The van der Waals surface area contributed by atoms with Gasteiger partial charge < -0.3 is 24.6 Å². The molecule has 0 fully saturated rings. The monoisotopic (exact) mass is 332 g/mol. The van der Waals surface area contributed by atoms with Crippen molar-refractivity contribution in [3.63, 3.8) is 0 Å². The first-order valence-electron chi connectivity index (χ1n) is 7.16. The van der Waals surface area contributed by atoms with Gasteiger partial charge in [-0.25, -0.2) is 0 Å². The van der Waals surface area contributed by atoms with E-state index in [1.807, 2.05) is 0 Å². The number of carboxylic acids is 1. The van der Waals surface area contributed by atoms with E-state index in [1.54, 1.807) is 18.2 Å². The molecule has 0 unspecified atom stereocenters. The highest BCUT2D eigenvalue weighted by atomic mass is 16.4. The van der Waals surface area contributed by atoms with Gasteiger partial charge in [0.05, 0.1) is 12.5 Å². The lowest BCUT2D eigenvalue weighted by atomic mass is 10.2. The SMILES string of the molecule is O=C(O)CCCNC(=O)/C(=C/c1ccco1)NC(=O)c1ccco1. The van der Waals surface area contributed by atoms with Crippen LogP contribution in [0.5, 0.6) is 0 Å². The van der Waals surface area contributed by atoms with Gasteiger partial charge in [-0.2, -0.15) is 0 Å². The molecule has 0 spiro atoms. The van der Waals surface area contributed by atoms with Crippen LogP contribution in [0.2, 0.25) is 0 Å². The Labute approximate surface area is 137 Å². The molecule has 0 atom stereocenters. The van der Waals surface area contributed by atoms with Gasteiger partial charge >= 0.3 is 5.97 Å². The Bertz CT molecular complexity index is 716. The van der Waals surface area contributed by atoms with Crippen molar-refractivity contribution in [2.75, 3.05) is 6.54 Å². The number of amides is 2. The van der Waals surface area contributed by atoms with E-state index in [4.69, 9.17) is 13.9 Å². The number of hydrogen-bond acceptors (Lipinski definition) is 5. The Morgan fingerprint density at radius 3 is 2.50 bits per heavy atom. The van der Waals surface area contributed by atoms with Crippen LogP contribution in [-0.4, -0.2) is 29.4 Å². The van der Waals surface area contributed by atoms with E-state index in [0.717, 1.165) is 0 Å². The molecule has 0 saturated carbocycles. The highest BCUT2D eigenvalue weighted by Crippen LogP contribution is 2.08. The summed E-state index contributed by atoms with van der Waals surface area (Å²) in [7, 11) is 0. The van der Waals surface area contributed by atoms with Gasteiger partial charge in [-0.3, -0.25) is 14.4 Å². The van der Waals surface area contributed by atoms with E-state index in [0.29, 0.717) is 5.76 Å². The van der Waals surface area contributed by atoms with Gasteiger partial charge in [0.2, 0.25) is 0 Å². The number of rotatable bonds is 8. The summed E-state index contributed by atoms with van der Waals surface area (Å²) >= 11 is 0. The number of carbonyl (C=O) groups is 3. The summed E-state index contributed by atoms with van der Waals surface area (Å²) in [6, 6.07) is 6.28. The quantitative estimate of drug-likeness (QED) is 0.499. The lowest BCUT2D eigenvalue weighted by Gasteiger charge is -2.09. The standard InChI is InChI=1S/C16H16N2O6/c19-14(20)6-1-7-17-15(21)12(10-11-4-2-8-23-11)18-16(22)13-5-3-9-24-13/h2-5,8-10H,1,6-7H2,(H,17,21)(H,18,22)(H,19,20)/b12-10-. The minimum atomic E-state index is -0.943. The van der Waals surface area contributed by atoms with Gasteiger partial charge in [0.15, 0.2) is 5.76 Å². The lowest BCUT2D eigenvalue weighted by molar-refractivity contribution is -0.137. The summed E-state index contributed by atoms with van der Waals surface area (Å²) in [5.74, 6) is -1.65. The van der Waals surface area contributed by atoms with E-state index in [9.17, 15) is 14.4 Å². The molecule has 2 heterocycles. The second-order valence-corrected chi connectivity index (χ2v) is 4.76. The zero-order valence-electron chi connectivity index (χ0n) is 12.7. The predicted octanol–water partition coefficient (Wildman–Crippen LogP) is 1.62. The third-order valence-corrected chi connectivity index (χ3v) is 2.92. The molecule has 0 aromatic carbocycles. The van der Waals surface area contributed by atoms with Crippen LogP contribution >= 0.6 is 0 Å². The van der Waals surface area contributed by atoms with Gasteiger partial charge in [0.1, 0.15) is 11.5 Å². The molecular formula is C16H16N2O6. The molecule has 24 heavy (non-hydrogen) atoms. The minimum Gasteiger partial charge on any atom is -0.481 e. The number of aliphatic carboxylic acids is 1. The van der Waals surface area contributed by atoms with Crippen LogP contribution in [0.3, 0.4) is 0 Å². The molecule has 2 amide bonds. The van der Waals surface area contributed by atoms with Crippen molar-refractivity contribution in [1.82, 2.24) is 10.6 Å². The smallest absolute Gasteiger partial charge is 0.303 e. The van der Waals surface area contributed by atoms with E-state index in [2.05, 4.69) is 10.6 Å². The fourth-order valence-corrected chi connectivity index (χ4v) is 1.80. The molecule has 8 heteroatoms. The maximum Gasteiger partial charge on any atom is 0.303 e. The molecule has 2 aromatic rings. The number of nitrogens with one attached hydrogen (secondary N) is 2. The number of furan rings is 2. The van der Waals surface area contributed by atoms with Crippen LogP contribution in [-0.2, 0) is 9.59 Å². The van der Waals surface area contributed by atoms with Crippen LogP contribution in [0, 0.1) is 0 Å². The molecule has 2 aromatic heterocycles. The van der Waals surface area contributed by atoms with Crippen molar-refractivity contribution >= 4 is 23.9 Å². The molecule has 3 N–H and O–H groups in total. The maximum absolute atomic E-state index is 12.2. The topological polar surface area (TPSA) is 122 Å². The number of carbonyl (C=O) groups excluding carboxylic acids is 2. The summed E-state index contributed by atoms with van der Waals surface area (Å²) in [5.41, 5.74) is -0.0401. The first-order valence-corrected chi connectivity index (χ1v) is 7.16. The molecular weight excluding hydrogens is 316 g/mol. The van der Waals surface area contributed by atoms with Crippen LogP contribution in [0.4, 0.5) is 0 Å². The molecule has 2 rings (SSSR count). The van der Waals surface area contributed by atoms with Crippen molar-refractivity contribution in [1.29, 1.82) is 0 Å². The highest BCUT2D eigenvalue weighted by molar-refractivity contribution is 6.04. The van der Waals surface area contributed by atoms with Gasteiger partial charge in [-0.15, -0.1) is 0 Å². The van der Waals surface area contributed by atoms with Crippen molar-refractivity contribution in [2.24, 2.45) is 0 Å². The zero-order chi connectivity index (χ0) is 17.4. The molecule has 8 nitrogen and oxygen atoms in total.